The van der Waals surface area contributed by atoms with Crippen LogP contribution in [0.25, 0.3) is 5.65 Å². The topological polar surface area (TPSA) is 79.6 Å². The van der Waals surface area contributed by atoms with Crippen molar-refractivity contribution in [3.63, 3.8) is 0 Å². The van der Waals surface area contributed by atoms with Gasteiger partial charge in [-0.3, -0.25) is 9.59 Å². The minimum Gasteiger partial charge on any atom is -0.345 e. The molecule has 0 radical (unpaired) electrons. The van der Waals surface area contributed by atoms with Crippen molar-refractivity contribution in [1.82, 2.24) is 24.8 Å². The second-order valence-corrected chi connectivity index (χ2v) is 8.05. The van der Waals surface area contributed by atoms with E-state index in [4.69, 9.17) is 16.5 Å². The van der Waals surface area contributed by atoms with Gasteiger partial charge in [-0.2, -0.15) is 5.10 Å². The number of carbonyl (C=O) groups excluding carboxylic acids is 2. The van der Waals surface area contributed by atoms with Crippen LogP contribution in [-0.4, -0.2) is 44.4 Å². The summed E-state index contributed by atoms with van der Waals surface area (Å²) in [5.74, 6) is 2.85. The highest BCUT2D eigenvalue weighted by Gasteiger charge is 2.39. The zero-order chi connectivity index (χ0) is 20.5. The summed E-state index contributed by atoms with van der Waals surface area (Å²) in [4.78, 5) is 31.3. The molecule has 1 aliphatic carbocycles. The Kier molecular flexibility index (Phi) is 5.27. The first kappa shape index (κ1) is 19.4. The third-order valence-electron chi connectivity index (χ3n) is 5.98. The summed E-state index contributed by atoms with van der Waals surface area (Å²) in [6.07, 6.45) is 10.1. The zero-order valence-electron chi connectivity index (χ0n) is 17.1. The SMILES string of the molecule is C#CCNC(=O)CCc1c(C)nc2cc([C@H]3CCCN3C(=O)C3CC3)nn2c1C. The molecule has 0 unspecified atom stereocenters. The highest BCUT2D eigenvalue weighted by atomic mass is 16.2. The molecule has 2 aromatic heterocycles. The number of rotatable bonds is 6. The summed E-state index contributed by atoms with van der Waals surface area (Å²) in [6, 6.07) is 2.05. The summed E-state index contributed by atoms with van der Waals surface area (Å²) < 4.78 is 1.86. The lowest BCUT2D eigenvalue weighted by Gasteiger charge is -2.23. The van der Waals surface area contributed by atoms with E-state index in [0.29, 0.717) is 12.8 Å². The smallest absolute Gasteiger partial charge is 0.226 e. The molecule has 1 N–H and O–H groups in total. The molecule has 29 heavy (non-hydrogen) atoms. The molecule has 1 atom stereocenters. The number of amides is 2. The first-order valence-corrected chi connectivity index (χ1v) is 10.4. The molecule has 0 aromatic carbocycles. The molecule has 0 spiro atoms. The quantitative estimate of drug-likeness (QED) is 0.763. The molecule has 0 bridgehead atoms. The third kappa shape index (κ3) is 3.84. The van der Waals surface area contributed by atoms with Gasteiger partial charge in [0.05, 0.1) is 18.3 Å². The van der Waals surface area contributed by atoms with Crippen LogP contribution in [0.3, 0.4) is 0 Å². The fourth-order valence-corrected chi connectivity index (χ4v) is 4.25. The summed E-state index contributed by atoms with van der Waals surface area (Å²) >= 11 is 0. The maximum atomic E-state index is 12.6. The average molecular weight is 393 g/mol. The lowest BCUT2D eigenvalue weighted by molar-refractivity contribution is -0.133. The highest BCUT2D eigenvalue weighted by Crippen LogP contribution is 2.38. The van der Waals surface area contributed by atoms with Crippen LogP contribution in [0.5, 0.6) is 0 Å². The van der Waals surface area contributed by atoms with E-state index in [1.807, 2.05) is 29.3 Å². The van der Waals surface area contributed by atoms with E-state index in [-0.39, 0.29) is 30.3 Å². The predicted molar refractivity (Wildman–Crippen MR) is 109 cm³/mol. The Morgan fingerprint density at radius 1 is 1.31 bits per heavy atom. The van der Waals surface area contributed by atoms with E-state index < -0.39 is 0 Å². The monoisotopic (exact) mass is 393 g/mol. The Hall–Kier alpha value is -2.88. The lowest BCUT2D eigenvalue weighted by atomic mass is 10.1. The number of hydrogen-bond donors (Lipinski definition) is 1. The Morgan fingerprint density at radius 3 is 2.83 bits per heavy atom. The van der Waals surface area contributed by atoms with Gasteiger partial charge in [-0.1, -0.05) is 5.92 Å². The molecule has 152 valence electrons. The Labute approximate surface area is 170 Å². The molecule has 7 nitrogen and oxygen atoms in total. The molecule has 7 heteroatoms. The van der Waals surface area contributed by atoms with Crippen molar-refractivity contribution >= 4 is 17.5 Å². The van der Waals surface area contributed by atoms with Gasteiger partial charge in [0.2, 0.25) is 11.8 Å². The fraction of sp³-hybridized carbons (Fsp3) is 0.545. The van der Waals surface area contributed by atoms with Gasteiger partial charge in [-0.15, -0.1) is 6.42 Å². The predicted octanol–water partition coefficient (Wildman–Crippen LogP) is 2.10. The van der Waals surface area contributed by atoms with E-state index in [0.717, 1.165) is 60.5 Å². The van der Waals surface area contributed by atoms with Gasteiger partial charge >= 0.3 is 0 Å². The minimum atomic E-state index is -0.0665. The van der Waals surface area contributed by atoms with E-state index >= 15 is 0 Å². The van der Waals surface area contributed by atoms with Gasteiger partial charge in [0.15, 0.2) is 5.65 Å². The van der Waals surface area contributed by atoms with Crippen LogP contribution < -0.4 is 5.32 Å². The van der Waals surface area contributed by atoms with Crippen molar-refractivity contribution in [2.75, 3.05) is 13.1 Å². The summed E-state index contributed by atoms with van der Waals surface area (Å²) in [6.45, 7) is 5.03. The Bertz CT molecular complexity index is 999. The normalized spacial score (nSPS) is 18.8. The van der Waals surface area contributed by atoms with Crippen LogP contribution in [0.1, 0.15) is 60.8 Å². The number of nitrogens with zero attached hydrogens (tertiary/aromatic N) is 4. The van der Waals surface area contributed by atoms with E-state index in [9.17, 15) is 9.59 Å². The van der Waals surface area contributed by atoms with Crippen LogP contribution in [0, 0.1) is 32.1 Å². The molecule has 3 heterocycles. The molecule has 4 rings (SSSR count). The molecule has 2 fully saturated rings. The van der Waals surface area contributed by atoms with Crippen LogP contribution >= 0.6 is 0 Å². The lowest BCUT2D eigenvalue weighted by Crippen LogP contribution is -2.31. The van der Waals surface area contributed by atoms with E-state index in [1.165, 1.54) is 0 Å². The van der Waals surface area contributed by atoms with Gasteiger partial charge in [0, 0.05) is 36.3 Å². The second kappa shape index (κ2) is 7.86. The second-order valence-electron chi connectivity index (χ2n) is 8.05. The average Bonchev–Trinajstić information content (AvgIpc) is 3.28. The molecular weight excluding hydrogens is 366 g/mol. The van der Waals surface area contributed by atoms with E-state index in [1.54, 1.807) is 0 Å². The standard InChI is InChI=1S/C22H27N5O2/c1-4-11-23-21(28)10-9-17-14(2)24-20-13-18(25-27(20)15(17)3)19-6-5-12-26(19)22(29)16-7-8-16/h1,13,16,19H,5-12H2,2-3H3,(H,23,28)/t19-/m1/s1. The van der Waals surface area contributed by atoms with E-state index in [2.05, 4.69) is 11.2 Å². The summed E-state index contributed by atoms with van der Waals surface area (Å²) in [5, 5.41) is 7.51. The van der Waals surface area contributed by atoms with Crippen LogP contribution in [0.2, 0.25) is 0 Å². The highest BCUT2D eigenvalue weighted by molar-refractivity contribution is 5.81. The number of carbonyl (C=O) groups is 2. The molecule has 1 saturated heterocycles. The maximum absolute atomic E-state index is 12.6. The number of aryl methyl sites for hydroxylation is 2. The largest absolute Gasteiger partial charge is 0.345 e. The first-order chi connectivity index (χ1) is 14.0. The number of fused-ring (bicyclic) bond motifs is 1. The van der Waals surface area contributed by atoms with Gasteiger partial charge in [-0.25, -0.2) is 9.50 Å². The minimum absolute atomic E-state index is 0.0440. The van der Waals surface area contributed by atoms with Crippen LogP contribution in [0.4, 0.5) is 0 Å². The first-order valence-electron chi connectivity index (χ1n) is 10.4. The maximum Gasteiger partial charge on any atom is 0.226 e. The molecule has 1 aliphatic heterocycles. The van der Waals surface area contributed by atoms with Crippen molar-refractivity contribution in [2.24, 2.45) is 5.92 Å². The van der Waals surface area contributed by atoms with Gasteiger partial charge in [0.1, 0.15) is 0 Å². The molecular formula is C22H27N5O2. The van der Waals surface area contributed by atoms with Gasteiger partial charge < -0.3 is 10.2 Å². The van der Waals surface area contributed by atoms with Crippen molar-refractivity contribution < 1.29 is 9.59 Å². The number of aromatic nitrogens is 3. The van der Waals surface area contributed by atoms with Crippen molar-refractivity contribution in [1.29, 1.82) is 0 Å². The molecule has 2 aromatic rings. The summed E-state index contributed by atoms with van der Waals surface area (Å²) in [7, 11) is 0. The number of likely N-dealkylation sites (tertiary alicyclic amines) is 1. The number of terminal acetylenes is 1. The van der Waals surface area contributed by atoms with Crippen molar-refractivity contribution in [2.45, 2.75) is 58.4 Å². The number of nitrogens with one attached hydrogen (secondary N) is 1. The zero-order valence-corrected chi connectivity index (χ0v) is 17.1. The van der Waals surface area contributed by atoms with Gasteiger partial charge in [-0.05, 0) is 51.5 Å². The van der Waals surface area contributed by atoms with Crippen molar-refractivity contribution in [3.8, 4) is 12.3 Å². The third-order valence-corrected chi connectivity index (χ3v) is 5.98. The van der Waals surface area contributed by atoms with Gasteiger partial charge in [0.25, 0.3) is 0 Å². The van der Waals surface area contributed by atoms with Crippen molar-refractivity contribution in [3.05, 3.63) is 28.7 Å². The number of hydrogen-bond acceptors (Lipinski definition) is 4. The summed E-state index contributed by atoms with van der Waals surface area (Å²) in [5.41, 5.74) is 4.63. The molecule has 2 aliphatic rings. The van der Waals surface area contributed by atoms with Crippen LogP contribution in [0.15, 0.2) is 6.07 Å². The molecule has 2 amide bonds. The van der Waals surface area contributed by atoms with Crippen LogP contribution in [-0.2, 0) is 16.0 Å². The molecule has 1 saturated carbocycles. The fourth-order valence-electron chi connectivity index (χ4n) is 4.25. The Morgan fingerprint density at radius 2 is 2.10 bits per heavy atom. The Balaban J connectivity index is 1.57.